The maximum absolute atomic E-state index is 13.7. The van der Waals surface area contributed by atoms with Gasteiger partial charge in [-0.1, -0.05) is 29.8 Å². The first kappa shape index (κ1) is 28.8. The van der Waals surface area contributed by atoms with Gasteiger partial charge in [0, 0.05) is 34.2 Å². The van der Waals surface area contributed by atoms with Gasteiger partial charge in [0.2, 0.25) is 0 Å². The van der Waals surface area contributed by atoms with E-state index >= 15 is 0 Å². The molecular formula is C33H27ClN4O3S. The number of amides is 2. The molecule has 42 heavy (non-hydrogen) atoms. The van der Waals surface area contributed by atoms with E-state index in [9.17, 15) is 14.9 Å². The van der Waals surface area contributed by atoms with E-state index < -0.39 is 11.8 Å². The van der Waals surface area contributed by atoms with Crippen LogP contribution in [0.15, 0.2) is 84.4 Å². The Kier molecular flexibility index (Phi) is 8.25. The largest absolute Gasteiger partial charge is 0.489 e. The van der Waals surface area contributed by atoms with Crippen molar-refractivity contribution in [3.63, 3.8) is 0 Å². The van der Waals surface area contributed by atoms with Crippen molar-refractivity contribution in [3.8, 4) is 17.5 Å². The van der Waals surface area contributed by atoms with E-state index in [1.54, 1.807) is 36.4 Å². The lowest BCUT2D eigenvalue weighted by atomic mass is 10.1. The predicted molar refractivity (Wildman–Crippen MR) is 168 cm³/mol. The Morgan fingerprint density at radius 3 is 2.29 bits per heavy atom. The standard InChI is InChI=1S/C33H27ClN4O3S/c1-4-36-31(39)30(32(40)38(33(36)42)28-11-9-26(34)10-12-28)18-25-17-21(2)37(22(25)3)27-13-15-29(16-14-27)41-20-24-8-6-5-7-23(24)19-35/h5-18H,4,20H2,1-3H3. The average Bonchev–Trinajstić information content (AvgIpc) is 3.27. The lowest BCUT2D eigenvalue weighted by Crippen LogP contribution is -2.56. The summed E-state index contributed by atoms with van der Waals surface area (Å²) in [7, 11) is 0. The number of carbonyl (C=O) groups excluding carboxylic acids is 2. The second kappa shape index (κ2) is 12.0. The molecule has 9 heteroatoms. The van der Waals surface area contributed by atoms with Crippen LogP contribution in [0.1, 0.15) is 35.0 Å². The Morgan fingerprint density at radius 1 is 0.952 bits per heavy atom. The number of hydrogen-bond acceptors (Lipinski definition) is 5. The Bertz CT molecular complexity index is 1770. The van der Waals surface area contributed by atoms with Crippen LogP contribution in [-0.2, 0) is 16.2 Å². The molecule has 0 bridgehead atoms. The van der Waals surface area contributed by atoms with Crippen molar-refractivity contribution < 1.29 is 14.3 Å². The number of likely N-dealkylation sites (N-methyl/N-ethyl adjacent to an activating group) is 1. The summed E-state index contributed by atoms with van der Waals surface area (Å²) in [6.45, 7) is 6.34. The SMILES string of the molecule is CCN1C(=O)C(=Cc2cc(C)n(-c3ccc(OCc4ccccc4C#N)cc3)c2C)C(=O)N(c2ccc(Cl)cc2)C1=S. The molecule has 210 valence electrons. The number of halogens is 1. The van der Waals surface area contributed by atoms with Crippen LogP contribution >= 0.6 is 23.8 Å². The zero-order valence-corrected chi connectivity index (χ0v) is 24.9. The minimum Gasteiger partial charge on any atom is -0.489 e. The molecule has 7 nitrogen and oxygen atoms in total. The summed E-state index contributed by atoms with van der Waals surface area (Å²) in [5.41, 5.74) is 5.43. The Balaban J connectivity index is 1.43. The average molecular weight is 595 g/mol. The van der Waals surface area contributed by atoms with Crippen LogP contribution in [-0.4, -0.2) is 32.9 Å². The van der Waals surface area contributed by atoms with E-state index in [0.717, 1.165) is 28.2 Å². The molecule has 0 aliphatic carbocycles. The molecule has 0 spiro atoms. The maximum atomic E-state index is 13.7. The van der Waals surface area contributed by atoms with Crippen LogP contribution in [0.4, 0.5) is 5.69 Å². The van der Waals surface area contributed by atoms with E-state index in [-0.39, 0.29) is 17.3 Å². The predicted octanol–water partition coefficient (Wildman–Crippen LogP) is 6.76. The van der Waals surface area contributed by atoms with Gasteiger partial charge in [0.05, 0.1) is 17.3 Å². The van der Waals surface area contributed by atoms with Gasteiger partial charge in [-0.25, -0.2) is 0 Å². The molecular weight excluding hydrogens is 568 g/mol. The number of thiocarbonyl (C=S) groups is 1. The van der Waals surface area contributed by atoms with Gasteiger partial charge in [-0.2, -0.15) is 5.26 Å². The smallest absolute Gasteiger partial charge is 0.270 e. The molecule has 3 aromatic carbocycles. The zero-order chi connectivity index (χ0) is 30.0. The third-order valence-corrected chi connectivity index (χ3v) is 7.78. The molecule has 0 saturated carbocycles. The number of aromatic nitrogens is 1. The highest BCUT2D eigenvalue weighted by atomic mass is 35.5. The molecule has 5 rings (SSSR count). The first-order chi connectivity index (χ1) is 20.2. The molecule has 0 atom stereocenters. The van der Waals surface area contributed by atoms with Crippen molar-refractivity contribution in [1.82, 2.24) is 9.47 Å². The fourth-order valence-corrected chi connectivity index (χ4v) is 5.49. The van der Waals surface area contributed by atoms with Crippen molar-refractivity contribution in [1.29, 1.82) is 5.26 Å². The second-order valence-electron chi connectivity index (χ2n) is 9.72. The highest BCUT2D eigenvalue weighted by molar-refractivity contribution is 7.80. The van der Waals surface area contributed by atoms with Crippen LogP contribution < -0.4 is 9.64 Å². The molecule has 1 fully saturated rings. The van der Waals surface area contributed by atoms with Gasteiger partial charge < -0.3 is 9.30 Å². The maximum Gasteiger partial charge on any atom is 0.270 e. The van der Waals surface area contributed by atoms with E-state index in [4.69, 9.17) is 28.6 Å². The van der Waals surface area contributed by atoms with Crippen LogP contribution in [0.2, 0.25) is 5.02 Å². The van der Waals surface area contributed by atoms with Gasteiger partial charge in [-0.15, -0.1) is 0 Å². The van der Waals surface area contributed by atoms with Gasteiger partial charge in [0.25, 0.3) is 11.8 Å². The van der Waals surface area contributed by atoms with E-state index in [0.29, 0.717) is 28.6 Å². The fraction of sp³-hybridized carbons (Fsp3) is 0.152. The minimum atomic E-state index is -0.485. The van der Waals surface area contributed by atoms with Crippen molar-refractivity contribution in [2.24, 2.45) is 0 Å². The van der Waals surface area contributed by atoms with Gasteiger partial charge in [0.1, 0.15) is 17.9 Å². The Labute approximate surface area is 254 Å². The van der Waals surface area contributed by atoms with Crippen LogP contribution in [0.3, 0.4) is 0 Å². The Hall–Kier alpha value is -4.71. The van der Waals surface area contributed by atoms with Crippen LogP contribution in [0, 0.1) is 25.2 Å². The van der Waals surface area contributed by atoms with Crippen molar-refractivity contribution >= 4 is 52.5 Å². The van der Waals surface area contributed by atoms with E-state index in [2.05, 4.69) is 10.6 Å². The molecule has 1 aliphatic heterocycles. The third kappa shape index (κ3) is 5.45. The third-order valence-electron chi connectivity index (χ3n) is 7.13. The molecule has 0 N–H and O–H groups in total. The summed E-state index contributed by atoms with van der Waals surface area (Å²) < 4.78 is 7.98. The molecule has 1 saturated heterocycles. The summed E-state index contributed by atoms with van der Waals surface area (Å²) in [6.07, 6.45) is 1.64. The first-order valence-corrected chi connectivity index (χ1v) is 14.1. The second-order valence-corrected chi connectivity index (χ2v) is 10.5. The van der Waals surface area contributed by atoms with Gasteiger partial charge in [-0.05, 0) is 105 Å². The lowest BCUT2D eigenvalue weighted by Gasteiger charge is -2.36. The fourth-order valence-electron chi connectivity index (χ4n) is 4.97. The molecule has 1 aliphatic rings. The molecule has 4 aromatic rings. The number of hydrogen-bond donors (Lipinski definition) is 0. The number of aryl methyl sites for hydroxylation is 1. The normalized spacial score (nSPS) is 14.5. The number of nitrogens with zero attached hydrogens (tertiary/aromatic N) is 4. The van der Waals surface area contributed by atoms with Crippen molar-refractivity contribution in [3.05, 3.63) is 118 Å². The van der Waals surface area contributed by atoms with Gasteiger partial charge in [0.15, 0.2) is 5.11 Å². The molecule has 2 amide bonds. The van der Waals surface area contributed by atoms with Gasteiger partial charge in [-0.3, -0.25) is 19.4 Å². The van der Waals surface area contributed by atoms with Crippen LogP contribution in [0.5, 0.6) is 5.75 Å². The highest BCUT2D eigenvalue weighted by Gasteiger charge is 2.39. The monoisotopic (exact) mass is 594 g/mol. The first-order valence-electron chi connectivity index (χ1n) is 13.3. The van der Waals surface area contributed by atoms with Crippen LogP contribution in [0.25, 0.3) is 11.8 Å². The molecule has 2 heterocycles. The van der Waals surface area contributed by atoms with E-state index in [1.807, 2.05) is 69.3 Å². The van der Waals surface area contributed by atoms with Crippen molar-refractivity contribution in [2.75, 3.05) is 11.4 Å². The zero-order valence-electron chi connectivity index (χ0n) is 23.3. The summed E-state index contributed by atoms with van der Waals surface area (Å²) >= 11 is 11.6. The minimum absolute atomic E-state index is 0.0297. The number of ether oxygens (including phenoxy) is 1. The highest BCUT2D eigenvalue weighted by Crippen LogP contribution is 2.30. The summed E-state index contributed by atoms with van der Waals surface area (Å²) in [5, 5.41) is 9.98. The summed E-state index contributed by atoms with van der Waals surface area (Å²) in [5.74, 6) is -0.240. The summed E-state index contributed by atoms with van der Waals surface area (Å²) in [4.78, 5) is 29.8. The molecule has 1 aromatic heterocycles. The molecule has 0 radical (unpaired) electrons. The topological polar surface area (TPSA) is 78.6 Å². The number of nitriles is 1. The lowest BCUT2D eigenvalue weighted by molar-refractivity contribution is -0.127. The molecule has 0 unspecified atom stereocenters. The number of anilines is 1. The number of carbonyl (C=O) groups is 2. The van der Waals surface area contributed by atoms with Crippen molar-refractivity contribution in [2.45, 2.75) is 27.4 Å². The number of rotatable bonds is 7. The quantitative estimate of drug-likeness (QED) is 0.134. The Morgan fingerprint density at radius 2 is 1.62 bits per heavy atom. The van der Waals surface area contributed by atoms with E-state index in [1.165, 1.54) is 9.80 Å². The van der Waals surface area contributed by atoms with Gasteiger partial charge >= 0.3 is 0 Å². The number of benzene rings is 3. The summed E-state index contributed by atoms with van der Waals surface area (Å²) in [6, 6.07) is 25.9.